The summed E-state index contributed by atoms with van der Waals surface area (Å²) in [5, 5.41) is 29.4. The first-order valence-electron chi connectivity index (χ1n) is 5.74. The highest BCUT2D eigenvalue weighted by molar-refractivity contribution is 5.66. The van der Waals surface area contributed by atoms with Gasteiger partial charge in [-0.3, -0.25) is 14.9 Å². The Morgan fingerprint density at radius 1 is 1.52 bits per heavy atom. The number of carbonyl (C=O) groups is 1. The molecule has 21 heavy (non-hydrogen) atoms. The van der Waals surface area contributed by atoms with Gasteiger partial charge in [0.25, 0.3) is 5.69 Å². The molecule has 0 atom stereocenters. The fraction of sp³-hybridized carbons (Fsp3) is 0.182. The SMILES string of the molecule is O=C(O)Cn1cc(CNc2cc(F)ccc2[N+](=O)[O-])nn1. The van der Waals surface area contributed by atoms with Gasteiger partial charge in [0.1, 0.15) is 23.7 Å². The van der Waals surface area contributed by atoms with Crippen molar-refractivity contribution in [1.82, 2.24) is 15.0 Å². The molecule has 1 aromatic heterocycles. The van der Waals surface area contributed by atoms with Gasteiger partial charge in [0.15, 0.2) is 0 Å². The maximum absolute atomic E-state index is 13.1. The van der Waals surface area contributed by atoms with Gasteiger partial charge < -0.3 is 10.4 Å². The van der Waals surface area contributed by atoms with Crippen LogP contribution in [-0.4, -0.2) is 31.0 Å². The van der Waals surface area contributed by atoms with E-state index in [-0.39, 0.29) is 24.5 Å². The van der Waals surface area contributed by atoms with Crippen molar-refractivity contribution in [3.8, 4) is 0 Å². The van der Waals surface area contributed by atoms with Crippen LogP contribution in [0.3, 0.4) is 0 Å². The molecule has 110 valence electrons. The molecule has 0 aliphatic carbocycles. The molecule has 10 heteroatoms. The molecule has 0 saturated carbocycles. The third-order valence-corrected chi connectivity index (χ3v) is 2.50. The van der Waals surface area contributed by atoms with Crippen LogP contribution >= 0.6 is 0 Å². The number of hydrogen-bond donors (Lipinski definition) is 2. The van der Waals surface area contributed by atoms with E-state index in [1.165, 1.54) is 6.20 Å². The van der Waals surface area contributed by atoms with Crippen LogP contribution in [0.5, 0.6) is 0 Å². The molecular weight excluding hydrogens is 285 g/mol. The number of nitrogens with one attached hydrogen (secondary N) is 1. The molecular formula is C11H10FN5O4. The van der Waals surface area contributed by atoms with Crippen molar-refractivity contribution < 1.29 is 19.2 Å². The molecule has 0 bridgehead atoms. The molecule has 0 amide bonds. The number of rotatable bonds is 6. The highest BCUT2D eigenvalue weighted by atomic mass is 19.1. The number of anilines is 1. The molecule has 0 saturated heterocycles. The Morgan fingerprint density at radius 3 is 2.95 bits per heavy atom. The predicted molar refractivity (Wildman–Crippen MR) is 68.0 cm³/mol. The first-order chi connectivity index (χ1) is 9.95. The normalized spacial score (nSPS) is 10.3. The second-order valence-electron chi connectivity index (χ2n) is 4.07. The number of carboxylic acid groups (broad SMARTS) is 1. The molecule has 2 aromatic rings. The minimum atomic E-state index is -1.07. The van der Waals surface area contributed by atoms with Crippen LogP contribution < -0.4 is 5.32 Å². The number of nitrogens with zero attached hydrogens (tertiary/aromatic N) is 4. The summed E-state index contributed by atoms with van der Waals surface area (Å²) < 4.78 is 14.2. The van der Waals surface area contributed by atoms with E-state index in [1.807, 2.05) is 0 Å². The van der Waals surface area contributed by atoms with Crippen molar-refractivity contribution in [3.05, 3.63) is 46.0 Å². The van der Waals surface area contributed by atoms with Gasteiger partial charge in [-0.2, -0.15) is 0 Å². The summed E-state index contributed by atoms with van der Waals surface area (Å²) in [5.41, 5.74) is 0.108. The van der Waals surface area contributed by atoms with Crippen LogP contribution in [0.15, 0.2) is 24.4 Å². The van der Waals surface area contributed by atoms with Crippen molar-refractivity contribution in [1.29, 1.82) is 0 Å². The molecule has 1 aromatic carbocycles. The third-order valence-electron chi connectivity index (χ3n) is 2.50. The number of nitro benzene ring substituents is 1. The molecule has 0 radical (unpaired) electrons. The van der Waals surface area contributed by atoms with E-state index in [0.717, 1.165) is 22.9 Å². The van der Waals surface area contributed by atoms with Crippen molar-refractivity contribution >= 4 is 17.3 Å². The fourth-order valence-electron chi connectivity index (χ4n) is 1.63. The molecule has 1 heterocycles. The lowest BCUT2D eigenvalue weighted by Gasteiger charge is -2.05. The Balaban J connectivity index is 2.09. The summed E-state index contributed by atoms with van der Waals surface area (Å²) in [5.74, 6) is -1.68. The van der Waals surface area contributed by atoms with Gasteiger partial charge in [-0.1, -0.05) is 5.21 Å². The number of aliphatic carboxylic acids is 1. The first kappa shape index (κ1) is 14.4. The van der Waals surface area contributed by atoms with E-state index in [2.05, 4.69) is 15.6 Å². The van der Waals surface area contributed by atoms with E-state index in [4.69, 9.17) is 5.11 Å². The minimum absolute atomic E-state index is 0.00721. The largest absolute Gasteiger partial charge is 0.480 e. The van der Waals surface area contributed by atoms with E-state index >= 15 is 0 Å². The van der Waals surface area contributed by atoms with Crippen LogP contribution in [0, 0.1) is 15.9 Å². The number of hydrogen-bond acceptors (Lipinski definition) is 6. The highest BCUT2D eigenvalue weighted by Gasteiger charge is 2.14. The van der Waals surface area contributed by atoms with Crippen LogP contribution in [0.1, 0.15) is 5.69 Å². The van der Waals surface area contributed by atoms with Crippen LogP contribution in [0.25, 0.3) is 0 Å². The highest BCUT2D eigenvalue weighted by Crippen LogP contribution is 2.25. The number of carboxylic acids is 1. The van der Waals surface area contributed by atoms with Gasteiger partial charge in [0.2, 0.25) is 0 Å². The Hall–Kier alpha value is -3.04. The predicted octanol–water partition coefficient (Wildman–Crippen LogP) is 1.02. The smallest absolute Gasteiger partial charge is 0.325 e. The lowest BCUT2D eigenvalue weighted by molar-refractivity contribution is -0.384. The summed E-state index contributed by atoms with van der Waals surface area (Å²) in [7, 11) is 0. The molecule has 0 unspecified atom stereocenters. The van der Waals surface area contributed by atoms with Gasteiger partial charge >= 0.3 is 5.97 Å². The van der Waals surface area contributed by atoms with Gasteiger partial charge in [0.05, 0.1) is 17.7 Å². The lowest BCUT2D eigenvalue weighted by atomic mass is 10.2. The van der Waals surface area contributed by atoms with Crippen LogP contribution in [0.4, 0.5) is 15.8 Å². The summed E-state index contributed by atoms with van der Waals surface area (Å²) in [6.45, 7) is -0.295. The van der Waals surface area contributed by atoms with Crippen molar-refractivity contribution in [2.24, 2.45) is 0 Å². The number of halogens is 1. The lowest BCUT2D eigenvalue weighted by Crippen LogP contribution is -2.09. The van der Waals surface area contributed by atoms with Gasteiger partial charge in [0, 0.05) is 12.1 Å². The summed E-state index contributed by atoms with van der Waals surface area (Å²) in [6.07, 6.45) is 1.38. The Bertz CT molecular complexity index is 687. The van der Waals surface area contributed by atoms with Crippen molar-refractivity contribution in [3.63, 3.8) is 0 Å². The van der Waals surface area contributed by atoms with E-state index in [1.54, 1.807) is 0 Å². The number of nitro groups is 1. The third kappa shape index (κ3) is 3.72. The van der Waals surface area contributed by atoms with Crippen LogP contribution in [0.2, 0.25) is 0 Å². The molecule has 9 nitrogen and oxygen atoms in total. The molecule has 0 spiro atoms. The molecule has 0 aliphatic rings. The average molecular weight is 295 g/mol. The average Bonchev–Trinajstić information content (AvgIpc) is 2.82. The maximum atomic E-state index is 13.1. The summed E-state index contributed by atoms with van der Waals surface area (Å²) in [4.78, 5) is 20.7. The van der Waals surface area contributed by atoms with Crippen LogP contribution in [-0.2, 0) is 17.9 Å². The monoisotopic (exact) mass is 295 g/mol. The zero-order valence-corrected chi connectivity index (χ0v) is 10.6. The van der Waals surface area contributed by atoms with E-state index in [0.29, 0.717) is 5.69 Å². The first-order valence-corrected chi connectivity index (χ1v) is 5.74. The number of aromatic nitrogens is 3. The Kier molecular flexibility index (Phi) is 4.07. The number of benzene rings is 1. The van der Waals surface area contributed by atoms with E-state index in [9.17, 15) is 19.3 Å². The summed E-state index contributed by atoms with van der Waals surface area (Å²) in [6, 6.07) is 3.05. The maximum Gasteiger partial charge on any atom is 0.325 e. The molecule has 2 N–H and O–H groups in total. The Morgan fingerprint density at radius 2 is 2.29 bits per heavy atom. The zero-order chi connectivity index (χ0) is 15.4. The standard InChI is InChI=1S/C11H10FN5O4/c12-7-1-2-10(17(20)21)9(3-7)13-4-8-5-16(15-14-8)6-11(18)19/h1-3,5,13H,4,6H2,(H,18,19). The second kappa shape index (κ2) is 5.94. The molecule has 2 rings (SSSR count). The van der Waals surface area contributed by atoms with Crippen molar-refractivity contribution in [2.75, 3.05) is 5.32 Å². The Labute approximate surface area is 117 Å². The van der Waals surface area contributed by atoms with Crippen molar-refractivity contribution in [2.45, 2.75) is 13.1 Å². The fourth-order valence-corrected chi connectivity index (χ4v) is 1.63. The molecule has 0 aliphatic heterocycles. The minimum Gasteiger partial charge on any atom is -0.480 e. The quantitative estimate of drug-likeness (QED) is 0.602. The second-order valence-corrected chi connectivity index (χ2v) is 4.07. The van der Waals surface area contributed by atoms with Gasteiger partial charge in [-0.15, -0.1) is 5.10 Å². The molecule has 0 fully saturated rings. The van der Waals surface area contributed by atoms with E-state index < -0.39 is 16.7 Å². The van der Waals surface area contributed by atoms with Gasteiger partial charge in [-0.05, 0) is 6.07 Å². The topological polar surface area (TPSA) is 123 Å². The zero-order valence-electron chi connectivity index (χ0n) is 10.6. The summed E-state index contributed by atoms with van der Waals surface area (Å²) >= 11 is 0. The van der Waals surface area contributed by atoms with Gasteiger partial charge in [-0.25, -0.2) is 9.07 Å².